The Balaban J connectivity index is 1.46. The van der Waals surface area contributed by atoms with Gasteiger partial charge in [0.25, 0.3) is 0 Å². The number of para-hydroxylation sites is 1. The number of nitrogens with one attached hydrogen (secondary N) is 1. The Kier molecular flexibility index (Phi) is 5.57. The molecule has 1 N–H and O–H groups in total. The van der Waals surface area contributed by atoms with Gasteiger partial charge in [0.05, 0.1) is 0 Å². The number of anilines is 1. The highest BCUT2D eigenvalue weighted by atomic mass is 16.5. The lowest BCUT2D eigenvalue weighted by Gasteiger charge is -2.12. The first kappa shape index (κ1) is 16.9. The molecule has 0 radical (unpaired) electrons. The molecule has 3 nitrogen and oxygen atoms in total. The van der Waals surface area contributed by atoms with Gasteiger partial charge in [0.1, 0.15) is 23.9 Å². The van der Waals surface area contributed by atoms with Crippen LogP contribution in [-0.2, 0) is 0 Å². The molecule has 0 saturated carbocycles. The normalized spacial score (nSPS) is 10.3. The second-order valence-corrected chi connectivity index (χ2v) is 5.98. The van der Waals surface area contributed by atoms with E-state index in [2.05, 4.69) is 37.4 Å². The van der Waals surface area contributed by atoms with Crippen LogP contribution in [0.15, 0.2) is 72.8 Å². The van der Waals surface area contributed by atoms with Crippen molar-refractivity contribution in [3.63, 3.8) is 0 Å². The number of rotatable bonds is 7. The van der Waals surface area contributed by atoms with Gasteiger partial charge >= 0.3 is 0 Å². The van der Waals surface area contributed by atoms with E-state index in [4.69, 9.17) is 9.47 Å². The van der Waals surface area contributed by atoms with Gasteiger partial charge in [-0.3, -0.25) is 0 Å². The highest BCUT2D eigenvalue weighted by Crippen LogP contribution is 2.22. The summed E-state index contributed by atoms with van der Waals surface area (Å²) in [5.41, 5.74) is 3.42. The Morgan fingerprint density at radius 3 is 2.28 bits per heavy atom. The lowest BCUT2D eigenvalue weighted by atomic mass is 10.1. The predicted octanol–water partition coefficient (Wildman–Crippen LogP) is 5.59. The van der Waals surface area contributed by atoms with Gasteiger partial charge in [-0.25, -0.2) is 0 Å². The second kappa shape index (κ2) is 8.25. The average molecular weight is 333 g/mol. The maximum Gasteiger partial charge on any atom is 0.127 e. The van der Waals surface area contributed by atoms with Crippen molar-refractivity contribution < 1.29 is 9.47 Å². The standard InChI is InChI=1S/C22H23NO2/c1-17-8-9-18(2)22(16-17)24-15-14-23-19-10-12-21(13-11-19)25-20-6-4-3-5-7-20/h3-13,16,23H,14-15H2,1-2H3. The van der Waals surface area contributed by atoms with Crippen LogP contribution in [0.4, 0.5) is 5.69 Å². The fourth-order valence-electron chi connectivity index (χ4n) is 2.48. The van der Waals surface area contributed by atoms with Crippen LogP contribution >= 0.6 is 0 Å². The van der Waals surface area contributed by atoms with Crippen LogP contribution < -0.4 is 14.8 Å². The van der Waals surface area contributed by atoms with Crippen molar-refractivity contribution in [3.8, 4) is 17.2 Å². The van der Waals surface area contributed by atoms with Crippen LogP contribution in [0.2, 0.25) is 0 Å². The summed E-state index contributed by atoms with van der Waals surface area (Å²) in [4.78, 5) is 0. The molecule has 0 aromatic heterocycles. The van der Waals surface area contributed by atoms with E-state index < -0.39 is 0 Å². The number of hydrogen-bond donors (Lipinski definition) is 1. The van der Waals surface area contributed by atoms with Gasteiger partial charge in [-0.15, -0.1) is 0 Å². The molecule has 0 bridgehead atoms. The van der Waals surface area contributed by atoms with Gasteiger partial charge in [-0.2, -0.15) is 0 Å². The molecule has 0 saturated heterocycles. The summed E-state index contributed by atoms with van der Waals surface area (Å²) in [6, 6.07) is 24.0. The molecule has 0 fully saturated rings. The van der Waals surface area contributed by atoms with Gasteiger partial charge < -0.3 is 14.8 Å². The minimum Gasteiger partial charge on any atom is -0.491 e. The van der Waals surface area contributed by atoms with Crippen LogP contribution in [0.3, 0.4) is 0 Å². The number of ether oxygens (including phenoxy) is 2. The smallest absolute Gasteiger partial charge is 0.127 e. The van der Waals surface area contributed by atoms with Crippen molar-refractivity contribution >= 4 is 5.69 Å². The van der Waals surface area contributed by atoms with E-state index in [1.165, 1.54) is 5.56 Å². The van der Waals surface area contributed by atoms with E-state index in [9.17, 15) is 0 Å². The van der Waals surface area contributed by atoms with Crippen LogP contribution in [-0.4, -0.2) is 13.2 Å². The lowest BCUT2D eigenvalue weighted by Crippen LogP contribution is -2.11. The van der Waals surface area contributed by atoms with E-state index in [0.717, 1.165) is 35.0 Å². The first-order chi connectivity index (χ1) is 12.2. The highest BCUT2D eigenvalue weighted by Gasteiger charge is 2.00. The SMILES string of the molecule is Cc1ccc(C)c(OCCNc2ccc(Oc3ccccc3)cc2)c1. The molecule has 0 aliphatic carbocycles. The Bertz CT molecular complexity index is 798. The second-order valence-electron chi connectivity index (χ2n) is 5.98. The predicted molar refractivity (Wildman–Crippen MR) is 103 cm³/mol. The summed E-state index contributed by atoms with van der Waals surface area (Å²) in [6.45, 7) is 5.50. The Morgan fingerprint density at radius 1 is 0.800 bits per heavy atom. The van der Waals surface area contributed by atoms with Crippen molar-refractivity contribution in [3.05, 3.63) is 83.9 Å². The Morgan fingerprint density at radius 2 is 1.52 bits per heavy atom. The molecular formula is C22H23NO2. The molecule has 0 heterocycles. The van der Waals surface area contributed by atoms with E-state index in [1.54, 1.807) is 0 Å². The molecule has 3 heteroatoms. The number of aryl methyl sites for hydroxylation is 2. The largest absolute Gasteiger partial charge is 0.491 e. The summed E-state index contributed by atoms with van der Waals surface area (Å²) in [5, 5.41) is 3.36. The fraction of sp³-hybridized carbons (Fsp3) is 0.182. The van der Waals surface area contributed by atoms with Crippen molar-refractivity contribution in [2.75, 3.05) is 18.5 Å². The topological polar surface area (TPSA) is 30.5 Å². The zero-order valence-electron chi connectivity index (χ0n) is 14.7. The molecule has 0 aliphatic heterocycles. The molecule has 128 valence electrons. The summed E-state index contributed by atoms with van der Waals surface area (Å²) < 4.78 is 11.6. The number of benzene rings is 3. The minimum atomic E-state index is 0.618. The van der Waals surface area contributed by atoms with Gasteiger partial charge in [0, 0.05) is 12.2 Å². The quantitative estimate of drug-likeness (QED) is 0.572. The molecule has 0 atom stereocenters. The summed E-state index contributed by atoms with van der Waals surface area (Å²) in [6.07, 6.45) is 0. The third kappa shape index (κ3) is 5.01. The van der Waals surface area contributed by atoms with Crippen LogP contribution in [0, 0.1) is 13.8 Å². The van der Waals surface area contributed by atoms with Crippen LogP contribution in [0.25, 0.3) is 0 Å². The first-order valence-corrected chi connectivity index (χ1v) is 8.47. The first-order valence-electron chi connectivity index (χ1n) is 8.47. The van der Waals surface area contributed by atoms with Gasteiger partial charge in [0.2, 0.25) is 0 Å². The molecular weight excluding hydrogens is 310 g/mol. The third-order valence-electron chi connectivity index (χ3n) is 3.87. The lowest BCUT2D eigenvalue weighted by molar-refractivity contribution is 0.330. The van der Waals surface area contributed by atoms with Crippen molar-refractivity contribution in [1.29, 1.82) is 0 Å². The molecule has 0 aliphatic rings. The monoisotopic (exact) mass is 333 g/mol. The van der Waals surface area contributed by atoms with Crippen molar-refractivity contribution in [2.24, 2.45) is 0 Å². The maximum absolute atomic E-state index is 5.85. The molecule has 3 aromatic carbocycles. The molecule has 0 amide bonds. The highest BCUT2D eigenvalue weighted by molar-refractivity contribution is 5.47. The Labute approximate surface area is 149 Å². The van der Waals surface area contributed by atoms with E-state index in [1.807, 2.05) is 54.6 Å². The van der Waals surface area contributed by atoms with Crippen molar-refractivity contribution in [1.82, 2.24) is 0 Å². The molecule has 0 spiro atoms. The van der Waals surface area contributed by atoms with Gasteiger partial charge in [-0.1, -0.05) is 30.3 Å². The van der Waals surface area contributed by atoms with Crippen molar-refractivity contribution in [2.45, 2.75) is 13.8 Å². The average Bonchev–Trinajstić information content (AvgIpc) is 2.64. The summed E-state index contributed by atoms with van der Waals surface area (Å²) in [7, 11) is 0. The fourth-order valence-corrected chi connectivity index (χ4v) is 2.48. The van der Waals surface area contributed by atoms with Gasteiger partial charge in [-0.05, 0) is 67.4 Å². The third-order valence-corrected chi connectivity index (χ3v) is 3.87. The van der Waals surface area contributed by atoms with Gasteiger partial charge in [0.15, 0.2) is 0 Å². The van der Waals surface area contributed by atoms with E-state index in [0.29, 0.717) is 6.61 Å². The van der Waals surface area contributed by atoms with E-state index >= 15 is 0 Å². The zero-order chi connectivity index (χ0) is 17.5. The van der Waals surface area contributed by atoms with Crippen LogP contribution in [0.5, 0.6) is 17.2 Å². The molecule has 3 rings (SSSR count). The van der Waals surface area contributed by atoms with Crippen LogP contribution in [0.1, 0.15) is 11.1 Å². The maximum atomic E-state index is 5.85. The number of hydrogen-bond acceptors (Lipinski definition) is 3. The molecule has 0 unspecified atom stereocenters. The minimum absolute atomic E-state index is 0.618. The molecule has 3 aromatic rings. The molecule has 25 heavy (non-hydrogen) atoms. The summed E-state index contributed by atoms with van der Waals surface area (Å²) >= 11 is 0. The van der Waals surface area contributed by atoms with E-state index in [-0.39, 0.29) is 0 Å². The summed E-state index contributed by atoms with van der Waals surface area (Å²) in [5.74, 6) is 2.61. The zero-order valence-corrected chi connectivity index (χ0v) is 14.7. The Hall–Kier alpha value is -2.94.